The molecule has 1 heterocycles. The van der Waals surface area contributed by atoms with Gasteiger partial charge in [-0.15, -0.1) is 0 Å². The highest BCUT2D eigenvalue weighted by atomic mass is 35.5. The Morgan fingerprint density at radius 2 is 1.71 bits per heavy atom. The average Bonchev–Trinajstić information content (AvgIpc) is 2.45. The molecule has 2 aromatic carbocycles. The lowest BCUT2D eigenvalue weighted by molar-refractivity contribution is 0.0993. The number of halogens is 1. The number of carbonyl (C=O) groups excluding carboxylic acids is 1. The van der Waals surface area contributed by atoms with Crippen molar-refractivity contribution in [1.82, 2.24) is 5.32 Å². The highest BCUT2D eigenvalue weighted by Crippen LogP contribution is 2.15. The quantitative estimate of drug-likeness (QED) is 0.871. The number of ketones is 1. The third-order valence-electron chi connectivity index (χ3n) is 3.59. The second-order valence-corrected chi connectivity index (χ2v) is 5.69. The number of carbonyl (C=O) groups is 1. The van der Waals surface area contributed by atoms with Crippen LogP contribution in [-0.2, 0) is 6.42 Å². The van der Waals surface area contributed by atoms with Crippen molar-refractivity contribution in [2.45, 2.75) is 6.42 Å². The Labute approximate surface area is 129 Å². The molecule has 2 nitrogen and oxygen atoms in total. The molecule has 1 fully saturated rings. The molecule has 3 rings (SSSR count). The molecule has 0 bridgehead atoms. The number of benzene rings is 2. The molecule has 1 N–H and O–H groups in total. The van der Waals surface area contributed by atoms with Crippen LogP contribution in [0, 0.1) is 0 Å². The van der Waals surface area contributed by atoms with Gasteiger partial charge in [0, 0.05) is 30.1 Å². The van der Waals surface area contributed by atoms with Crippen molar-refractivity contribution in [2.75, 3.05) is 13.1 Å². The van der Waals surface area contributed by atoms with E-state index in [1.165, 1.54) is 11.1 Å². The molecule has 0 radical (unpaired) electrons. The van der Waals surface area contributed by atoms with Gasteiger partial charge in [0.05, 0.1) is 0 Å². The zero-order valence-electron chi connectivity index (χ0n) is 11.6. The zero-order valence-corrected chi connectivity index (χ0v) is 12.4. The van der Waals surface area contributed by atoms with Gasteiger partial charge in [0.15, 0.2) is 5.78 Å². The third kappa shape index (κ3) is 3.60. The van der Waals surface area contributed by atoms with E-state index >= 15 is 0 Å². The van der Waals surface area contributed by atoms with Crippen LogP contribution >= 0.6 is 11.6 Å². The third-order valence-corrected chi connectivity index (χ3v) is 3.84. The normalized spacial score (nSPS) is 13.7. The van der Waals surface area contributed by atoms with Crippen molar-refractivity contribution >= 4 is 23.5 Å². The highest BCUT2D eigenvalue weighted by Gasteiger charge is 2.08. The summed E-state index contributed by atoms with van der Waals surface area (Å²) in [7, 11) is 0. The van der Waals surface area contributed by atoms with Crippen LogP contribution in [0.3, 0.4) is 0 Å². The summed E-state index contributed by atoms with van der Waals surface area (Å²) < 4.78 is 0. The minimum atomic E-state index is 0.112. The van der Waals surface area contributed by atoms with E-state index in [4.69, 9.17) is 11.6 Å². The van der Waals surface area contributed by atoms with Gasteiger partial charge >= 0.3 is 0 Å². The van der Waals surface area contributed by atoms with Gasteiger partial charge in [-0.3, -0.25) is 4.79 Å². The molecule has 0 saturated carbocycles. The van der Waals surface area contributed by atoms with Gasteiger partial charge < -0.3 is 5.32 Å². The fourth-order valence-corrected chi connectivity index (χ4v) is 2.39. The van der Waals surface area contributed by atoms with Crippen LogP contribution in [0.15, 0.2) is 54.1 Å². The summed E-state index contributed by atoms with van der Waals surface area (Å²) in [5.41, 5.74) is 4.34. The number of hydrogen-bond acceptors (Lipinski definition) is 2. The molecule has 0 aromatic heterocycles. The smallest absolute Gasteiger partial charge is 0.167 e. The lowest BCUT2D eigenvalue weighted by atomic mass is 10.0. The Kier molecular flexibility index (Phi) is 4.18. The van der Waals surface area contributed by atoms with Gasteiger partial charge in [0.2, 0.25) is 0 Å². The summed E-state index contributed by atoms with van der Waals surface area (Å²) in [6, 6.07) is 15.2. The molecule has 1 aliphatic heterocycles. The summed E-state index contributed by atoms with van der Waals surface area (Å²) in [5.74, 6) is 0.112. The van der Waals surface area contributed by atoms with Crippen molar-refractivity contribution in [3.8, 4) is 0 Å². The molecular weight excluding hydrogens is 282 g/mol. The van der Waals surface area contributed by atoms with Gasteiger partial charge in [-0.2, -0.15) is 0 Å². The molecule has 21 heavy (non-hydrogen) atoms. The molecule has 0 spiro atoms. The molecule has 0 unspecified atom stereocenters. The number of Topliss-reactive ketones (excluding diaryl/α,β-unsaturated/α-hetero) is 1. The number of hydrogen-bond donors (Lipinski definition) is 1. The Balaban J connectivity index is 1.67. The highest BCUT2D eigenvalue weighted by molar-refractivity contribution is 6.30. The lowest BCUT2D eigenvalue weighted by Gasteiger charge is -2.18. The summed E-state index contributed by atoms with van der Waals surface area (Å²) in [5, 5.41) is 3.87. The van der Waals surface area contributed by atoms with Crippen LogP contribution in [-0.4, -0.2) is 18.9 Å². The largest absolute Gasteiger partial charge is 0.309 e. The fraction of sp³-hybridized carbons (Fsp3) is 0.167. The maximum absolute atomic E-state index is 12.2. The van der Waals surface area contributed by atoms with E-state index in [1.54, 1.807) is 24.3 Å². The van der Waals surface area contributed by atoms with Gasteiger partial charge in [0.1, 0.15) is 0 Å². The van der Waals surface area contributed by atoms with Crippen molar-refractivity contribution in [3.63, 3.8) is 0 Å². The van der Waals surface area contributed by atoms with E-state index < -0.39 is 0 Å². The van der Waals surface area contributed by atoms with Gasteiger partial charge in [-0.05, 0) is 41.0 Å². The minimum Gasteiger partial charge on any atom is -0.309 e. The van der Waals surface area contributed by atoms with Crippen LogP contribution in [0.4, 0.5) is 0 Å². The average molecular weight is 298 g/mol. The first-order valence-corrected chi connectivity index (χ1v) is 7.36. The first-order chi connectivity index (χ1) is 10.2. The molecule has 2 aromatic rings. The minimum absolute atomic E-state index is 0.112. The molecular formula is C18H16ClNO. The van der Waals surface area contributed by atoms with Crippen molar-refractivity contribution in [3.05, 3.63) is 75.8 Å². The molecule has 1 saturated heterocycles. The van der Waals surface area contributed by atoms with Gasteiger partial charge in [-0.1, -0.05) is 41.9 Å². The first-order valence-electron chi connectivity index (χ1n) is 6.98. The second kappa shape index (κ2) is 6.25. The Bertz CT molecular complexity index is 665. The molecule has 1 aliphatic rings. The fourth-order valence-electron chi connectivity index (χ4n) is 2.26. The van der Waals surface area contributed by atoms with Crippen molar-refractivity contribution in [2.24, 2.45) is 0 Å². The van der Waals surface area contributed by atoms with Gasteiger partial charge in [-0.25, -0.2) is 0 Å². The second-order valence-electron chi connectivity index (χ2n) is 5.25. The molecule has 0 atom stereocenters. The number of nitrogens with one attached hydrogen (secondary N) is 1. The van der Waals surface area contributed by atoms with Crippen LogP contribution in [0.1, 0.15) is 21.5 Å². The van der Waals surface area contributed by atoms with Gasteiger partial charge in [0.25, 0.3) is 0 Å². The van der Waals surface area contributed by atoms with E-state index in [9.17, 15) is 4.79 Å². The predicted molar refractivity (Wildman–Crippen MR) is 86.8 cm³/mol. The zero-order chi connectivity index (χ0) is 14.7. The first kappa shape index (κ1) is 14.1. The van der Waals surface area contributed by atoms with E-state index in [1.807, 2.05) is 12.1 Å². The topological polar surface area (TPSA) is 29.1 Å². The van der Waals surface area contributed by atoms with E-state index in [0.717, 1.165) is 18.7 Å². The maximum Gasteiger partial charge on any atom is 0.167 e. The van der Waals surface area contributed by atoms with Crippen LogP contribution < -0.4 is 5.32 Å². The molecule has 106 valence electrons. The molecule has 3 heteroatoms. The van der Waals surface area contributed by atoms with Crippen LogP contribution in [0.2, 0.25) is 5.02 Å². The summed E-state index contributed by atoms with van der Waals surface area (Å²) in [6.45, 7) is 1.97. The number of rotatable bonds is 4. The summed E-state index contributed by atoms with van der Waals surface area (Å²) in [4.78, 5) is 12.2. The van der Waals surface area contributed by atoms with E-state index in [2.05, 4.69) is 23.5 Å². The van der Waals surface area contributed by atoms with E-state index in [0.29, 0.717) is 17.0 Å². The Morgan fingerprint density at radius 1 is 1.05 bits per heavy atom. The summed E-state index contributed by atoms with van der Waals surface area (Å²) >= 11 is 5.83. The molecule has 0 aliphatic carbocycles. The molecule has 0 amide bonds. The Morgan fingerprint density at radius 3 is 2.29 bits per heavy atom. The summed E-state index contributed by atoms with van der Waals surface area (Å²) in [6.07, 6.45) is 2.61. The Hall–Kier alpha value is -1.90. The monoisotopic (exact) mass is 297 g/mol. The standard InChI is InChI=1S/C18H16ClNO/c19-17-7-5-16(6-8-17)18(21)10-14-3-1-13(2-4-14)9-15-11-20-12-15/h1-9,20H,10-12H2. The maximum atomic E-state index is 12.2. The SMILES string of the molecule is O=C(Cc1ccc(C=C2CNC2)cc1)c1ccc(Cl)cc1. The van der Waals surface area contributed by atoms with Crippen molar-refractivity contribution < 1.29 is 4.79 Å². The lowest BCUT2D eigenvalue weighted by Crippen LogP contribution is -2.33. The van der Waals surface area contributed by atoms with Crippen LogP contribution in [0.25, 0.3) is 6.08 Å². The van der Waals surface area contributed by atoms with Crippen LogP contribution in [0.5, 0.6) is 0 Å². The van der Waals surface area contributed by atoms with Crippen molar-refractivity contribution in [1.29, 1.82) is 0 Å². The predicted octanol–water partition coefficient (Wildman–Crippen LogP) is 3.75. The van der Waals surface area contributed by atoms with E-state index in [-0.39, 0.29) is 5.78 Å².